The van der Waals surface area contributed by atoms with Crippen LogP contribution >= 0.6 is 0 Å². The van der Waals surface area contributed by atoms with Crippen molar-refractivity contribution in [2.24, 2.45) is 0 Å². The molecular formula is C13H12F3NO3. The van der Waals surface area contributed by atoms with Gasteiger partial charge in [-0.15, -0.1) is 6.58 Å². The Kier molecular flexibility index (Phi) is 5.31. The highest BCUT2D eigenvalue weighted by Gasteiger charge is 2.25. The van der Waals surface area contributed by atoms with Gasteiger partial charge in [-0.05, 0) is 6.42 Å². The number of methoxy groups -OCH3 is 1. The average Bonchev–Trinajstić information content (AvgIpc) is 2.36. The highest BCUT2D eigenvalue weighted by molar-refractivity contribution is 5.97. The van der Waals surface area contributed by atoms with E-state index in [4.69, 9.17) is 0 Å². The summed E-state index contributed by atoms with van der Waals surface area (Å²) in [6.07, 6.45) is 1.35. The van der Waals surface area contributed by atoms with Crippen molar-refractivity contribution in [3.8, 4) is 0 Å². The van der Waals surface area contributed by atoms with Crippen molar-refractivity contribution >= 4 is 11.9 Å². The predicted molar refractivity (Wildman–Crippen MR) is 64.4 cm³/mol. The Morgan fingerprint density at radius 3 is 2.35 bits per heavy atom. The molecule has 108 valence electrons. The first-order valence-electron chi connectivity index (χ1n) is 5.54. The van der Waals surface area contributed by atoms with Gasteiger partial charge in [-0.25, -0.2) is 18.0 Å². The van der Waals surface area contributed by atoms with Crippen LogP contribution in [-0.2, 0) is 9.53 Å². The number of halogens is 3. The fourth-order valence-corrected chi connectivity index (χ4v) is 1.51. The number of nitrogens with one attached hydrogen (secondary N) is 1. The van der Waals surface area contributed by atoms with E-state index in [2.05, 4.69) is 16.6 Å². The molecule has 1 aromatic carbocycles. The second-order valence-corrected chi connectivity index (χ2v) is 3.82. The minimum absolute atomic E-state index is 0.0167. The van der Waals surface area contributed by atoms with Gasteiger partial charge in [0.05, 0.1) is 7.11 Å². The average molecular weight is 287 g/mol. The fraction of sp³-hybridized carbons (Fsp3) is 0.231. The second-order valence-electron chi connectivity index (χ2n) is 3.82. The van der Waals surface area contributed by atoms with Crippen LogP contribution in [0.4, 0.5) is 13.2 Å². The predicted octanol–water partition coefficient (Wildman–Crippen LogP) is 1.95. The van der Waals surface area contributed by atoms with Crippen molar-refractivity contribution in [1.29, 1.82) is 0 Å². The zero-order chi connectivity index (χ0) is 15.3. The first-order chi connectivity index (χ1) is 9.40. The third kappa shape index (κ3) is 3.59. The number of ether oxygens (including phenoxy) is 1. The molecule has 0 saturated heterocycles. The maximum atomic E-state index is 13.4. The normalized spacial score (nSPS) is 11.6. The van der Waals surface area contributed by atoms with Crippen LogP contribution in [0.1, 0.15) is 16.8 Å². The largest absolute Gasteiger partial charge is 0.467 e. The van der Waals surface area contributed by atoms with Gasteiger partial charge in [0.15, 0.2) is 0 Å². The molecule has 1 atom stereocenters. The Morgan fingerprint density at radius 2 is 1.90 bits per heavy atom. The van der Waals surface area contributed by atoms with Gasteiger partial charge in [-0.1, -0.05) is 6.08 Å². The van der Waals surface area contributed by atoms with E-state index in [0.717, 1.165) is 7.11 Å². The standard InChI is InChI=1S/C13H12F3NO3/c1-3-4-10(13(19)20-2)17-12(18)11-8(15)5-7(14)6-9(11)16/h3,5-6,10H,1,4H2,2H3,(H,17,18)/t10-/m1/s1. The van der Waals surface area contributed by atoms with E-state index in [-0.39, 0.29) is 6.42 Å². The molecule has 1 rings (SSSR count). The third-order valence-electron chi connectivity index (χ3n) is 2.43. The van der Waals surface area contributed by atoms with E-state index in [1.54, 1.807) is 0 Å². The summed E-state index contributed by atoms with van der Waals surface area (Å²) in [5.74, 6) is -5.84. The van der Waals surface area contributed by atoms with Crippen molar-refractivity contribution in [2.75, 3.05) is 7.11 Å². The van der Waals surface area contributed by atoms with E-state index < -0.39 is 40.9 Å². The molecular weight excluding hydrogens is 275 g/mol. The van der Waals surface area contributed by atoms with Crippen LogP contribution in [-0.4, -0.2) is 25.0 Å². The molecule has 0 heterocycles. The van der Waals surface area contributed by atoms with Crippen LogP contribution in [0.25, 0.3) is 0 Å². The van der Waals surface area contributed by atoms with E-state index in [0.29, 0.717) is 12.1 Å². The third-order valence-corrected chi connectivity index (χ3v) is 2.43. The van der Waals surface area contributed by atoms with Gasteiger partial charge in [0.2, 0.25) is 0 Å². The maximum Gasteiger partial charge on any atom is 0.328 e. The van der Waals surface area contributed by atoms with Gasteiger partial charge in [-0.3, -0.25) is 4.79 Å². The Morgan fingerprint density at radius 1 is 1.35 bits per heavy atom. The van der Waals surface area contributed by atoms with E-state index in [1.165, 1.54) is 6.08 Å². The molecule has 0 radical (unpaired) electrons. The molecule has 0 aromatic heterocycles. The lowest BCUT2D eigenvalue weighted by atomic mass is 10.1. The topological polar surface area (TPSA) is 55.4 Å². The zero-order valence-corrected chi connectivity index (χ0v) is 10.6. The summed E-state index contributed by atoms with van der Waals surface area (Å²) in [7, 11) is 1.10. The Balaban J connectivity index is 3.00. The number of rotatable bonds is 5. The van der Waals surface area contributed by atoms with Gasteiger partial charge in [0.25, 0.3) is 5.91 Å². The first kappa shape index (κ1) is 15.7. The maximum absolute atomic E-state index is 13.4. The van der Waals surface area contributed by atoms with Gasteiger partial charge in [-0.2, -0.15) is 0 Å². The molecule has 0 aliphatic heterocycles. The van der Waals surface area contributed by atoms with Crippen molar-refractivity contribution in [1.82, 2.24) is 5.32 Å². The van der Waals surface area contributed by atoms with Crippen LogP contribution in [0.5, 0.6) is 0 Å². The van der Waals surface area contributed by atoms with Crippen LogP contribution < -0.4 is 5.32 Å². The Labute approximate surface area is 113 Å². The molecule has 0 aliphatic carbocycles. The summed E-state index contributed by atoms with van der Waals surface area (Å²) < 4.78 is 44.0. The summed E-state index contributed by atoms with van der Waals surface area (Å²) >= 11 is 0. The number of hydrogen-bond acceptors (Lipinski definition) is 3. The van der Waals surface area contributed by atoms with Crippen LogP contribution in [0.3, 0.4) is 0 Å². The number of carbonyl (C=O) groups excluding carboxylic acids is 2. The molecule has 0 unspecified atom stereocenters. The molecule has 0 aliphatic rings. The molecule has 4 nitrogen and oxygen atoms in total. The fourth-order valence-electron chi connectivity index (χ4n) is 1.51. The van der Waals surface area contributed by atoms with Gasteiger partial charge < -0.3 is 10.1 Å². The first-order valence-corrected chi connectivity index (χ1v) is 5.54. The SMILES string of the molecule is C=CC[C@@H](NC(=O)c1c(F)cc(F)cc1F)C(=O)OC. The molecule has 1 N–H and O–H groups in total. The number of carbonyl (C=O) groups is 2. The summed E-state index contributed by atoms with van der Waals surface area (Å²) in [5, 5.41) is 2.10. The molecule has 1 amide bonds. The summed E-state index contributed by atoms with van der Waals surface area (Å²) in [6, 6.07) is -0.383. The molecule has 0 bridgehead atoms. The molecule has 0 spiro atoms. The van der Waals surface area contributed by atoms with E-state index in [1.807, 2.05) is 0 Å². The molecule has 20 heavy (non-hydrogen) atoms. The zero-order valence-electron chi connectivity index (χ0n) is 10.6. The number of hydrogen-bond donors (Lipinski definition) is 1. The molecule has 0 saturated carbocycles. The Bertz CT molecular complexity index is 523. The molecule has 7 heteroatoms. The van der Waals surface area contributed by atoms with Gasteiger partial charge in [0, 0.05) is 12.1 Å². The molecule has 0 fully saturated rings. The lowest BCUT2D eigenvalue weighted by Crippen LogP contribution is -2.41. The van der Waals surface area contributed by atoms with E-state index in [9.17, 15) is 22.8 Å². The molecule has 1 aromatic rings. The van der Waals surface area contributed by atoms with Crippen LogP contribution in [0.15, 0.2) is 24.8 Å². The summed E-state index contributed by atoms with van der Waals surface area (Å²) in [5.41, 5.74) is -0.968. The number of esters is 1. The summed E-state index contributed by atoms with van der Waals surface area (Å²) in [4.78, 5) is 23.1. The van der Waals surface area contributed by atoms with Crippen molar-refractivity contribution < 1.29 is 27.5 Å². The number of benzene rings is 1. The van der Waals surface area contributed by atoms with Crippen molar-refractivity contribution in [3.63, 3.8) is 0 Å². The van der Waals surface area contributed by atoms with Crippen LogP contribution in [0, 0.1) is 17.5 Å². The Hall–Kier alpha value is -2.31. The second kappa shape index (κ2) is 6.74. The van der Waals surface area contributed by atoms with Gasteiger partial charge >= 0.3 is 5.97 Å². The summed E-state index contributed by atoms with van der Waals surface area (Å²) in [6.45, 7) is 3.39. The lowest BCUT2D eigenvalue weighted by Gasteiger charge is -2.15. The smallest absolute Gasteiger partial charge is 0.328 e. The van der Waals surface area contributed by atoms with Crippen molar-refractivity contribution in [2.45, 2.75) is 12.5 Å². The van der Waals surface area contributed by atoms with Gasteiger partial charge in [0.1, 0.15) is 29.1 Å². The van der Waals surface area contributed by atoms with Crippen LogP contribution in [0.2, 0.25) is 0 Å². The lowest BCUT2D eigenvalue weighted by molar-refractivity contribution is -0.142. The highest BCUT2D eigenvalue weighted by atomic mass is 19.1. The highest BCUT2D eigenvalue weighted by Crippen LogP contribution is 2.15. The minimum atomic E-state index is -1.36. The number of amides is 1. The quantitative estimate of drug-likeness (QED) is 0.665. The monoisotopic (exact) mass is 287 g/mol. The van der Waals surface area contributed by atoms with E-state index >= 15 is 0 Å². The van der Waals surface area contributed by atoms with Crippen molar-refractivity contribution in [3.05, 3.63) is 47.8 Å². The minimum Gasteiger partial charge on any atom is -0.467 e.